The van der Waals surface area contributed by atoms with E-state index in [1.54, 1.807) is 7.11 Å². The van der Waals surface area contributed by atoms with Crippen LogP contribution in [-0.4, -0.2) is 7.11 Å². The minimum Gasteiger partial charge on any atom is -0.497 e. The number of benzene rings is 3. The molecule has 0 aliphatic carbocycles. The van der Waals surface area contributed by atoms with E-state index in [0.29, 0.717) is 0 Å². The van der Waals surface area contributed by atoms with E-state index in [4.69, 9.17) is 4.74 Å². The van der Waals surface area contributed by atoms with Gasteiger partial charge < -0.3 is 4.74 Å². The second-order valence-electron chi connectivity index (χ2n) is 4.61. The van der Waals surface area contributed by atoms with Gasteiger partial charge in [-0.15, -0.1) is 0 Å². The van der Waals surface area contributed by atoms with E-state index in [2.05, 4.69) is 78.9 Å². The van der Waals surface area contributed by atoms with Crippen LogP contribution in [0.4, 0.5) is 0 Å². The first-order valence-electron chi connectivity index (χ1n) is 6.87. The zero-order valence-corrected chi connectivity index (χ0v) is 12.7. The molecule has 0 unspecified atom stereocenters. The van der Waals surface area contributed by atoms with Crippen LogP contribution in [-0.2, 0) is 10.9 Å². The van der Waals surface area contributed by atoms with Gasteiger partial charge in [-0.3, -0.25) is 0 Å². The lowest BCUT2D eigenvalue weighted by molar-refractivity contribution is 0.413. The summed E-state index contributed by atoms with van der Waals surface area (Å²) in [4.78, 5) is 3.90. The normalized spacial score (nSPS) is 10.6. The van der Waals surface area contributed by atoms with E-state index in [9.17, 15) is 0 Å². The van der Waals surface area contributed by atoms with Crippen LogP contribution in [0.3, 0.4) is 0 Å². The van der Waals surface area contributed by atoms with E-state index in [1.165, 1.54) is 14.7 Å². The Morgan fingerprint density at radius 3 is 1.67 bits per heavy atom. The summed E-state index contributed by atoms with van der Waals surface area (Å²) in [6.07, 6.45) is 0. The maximum Gasteiger partial charge on any atom is 0.170 e. The van der Waals surface area contributed by atoms with Crippen molar-refractivity contribution < 1.29 is 4.74 Å². The summed E-state index contributed by atoms with van der Waals surface area (Å²) in [6, 6.07) is 29.6. The summed E-state index contributed by atoms with van der Waals surface area (Å²) < 4.78 is 5.38. The molecule has 0 aliphatic heterocycles. The van der Waals surface area contributed by atoms with Gasteiger partial charge in [0.15, 0.2) is 14.7 Å². The molecule has 3 rings (SSSR count). The third kappa shape index (κ3) is 3.11. The second-order valence-corrected chi connectivity index (χ2v) is 6.64. The topological polar surface area (TPSA) is 9.23 Å². The molecule has 0 radical (unpaired) electrons. The van der Waals surface area contributed by atoms with Crippen molar-refractivity contribution in [2.45, 2.75) is 14.7 Å². The molecule has 2 heteroatoms. The first-order chi connectivity index (χ1) is 10.4. The molecular weight excluding hydrogens is 276 g/mol. The lowest BCUT2D eigenvalue weighted by Crippen LogP contribution is -2.04. The number of rotatable bonds is 4. The van der Waals surface area contributed by atoms with Gasteiger partial charge in [-0.2, -0.15) is 0 Å². The van der Waals surface area contributed by atoms with Crippen molar-refractivity contribution in [2.24, 2.45) is 0 Å². The molecule has 0 N–H and O–H groups in total. The largest absolute Gasteiger partial charge is 0.497 e. The molecular formula is C19H17OS+. The van der Waals surface area contributed by atoms with Crippen molar-refractivity contribution in [3.8, 4) is 5.75 Å². The molecule has 21 heavy (non-hydrogen) atoms. The summed E-state index contributed by atoms with van der Waals surface area (Å²) in [5, 5.41) is 0. The van der Waals surface area contributed by atoms with Gasteiger partial charge in [-0.1, -0.05) is 42.5 Å². The van der Waals surface area contributed by atoms with Crippen molar-refractivity contribution >= 4 is 10.9 Å². The Morgan fingerprint density at radius 1 is 0.619 bits per heavy atom. The summed E-state index contributed by atoms with van der Waals surface area (Å²) in [5.74, 6) is 0.900. The van der Waals surface area contributed by atoms with Gasteiger partial charge in [0.2, 0.25) is 0 Å². The Bertz CT molecular complexity index is 656. The minimum atomic E-state index is -0.107. The van der Waals surface area contributed by atoms with Crippen LogP contribution in [0.25, 0.3) is 0 Å². The van der Waals surface area contributed by atoms with E-state index in [1.807, 2.05) is 6.07 Å². The molecule has 3 aromatic rings. The molecule has 0 atom stereocenters. The Hall–Kier alpha value is -2.19. The van der Waals surface area contributed by atoms with Crippen molar-refractivity contribution in [2.75, 3.05) is 7.11 Å². The molecule has 0 saturated heterocycles. The van der Waals surface area contributed by atoms with Gasteiger partial charge in [0.1, 0.15) is 5.75 Å². The number of hydrogen-bond acceptors (Lipinski definition) is 1. The molecule has 0 aliphatic rings. The standard InChI is InChI=1S/C19H17OS/c1-20-16-9-8-14-19(15-16)21(17-10-4-2-5-11-17)18-12-6-3-7-13-18/h2-15H,1H3/q+1. The molecule has 0 fully saturated rings. The summed E-state index contributed by atoms with van der Waals surface area (Å²) in [5.41, 5.74) is 0. The molecule has 0 heterocycles. The summed E-state index contributed by atoms with van der Waals surface area (Å²) >= 11 is 0. The summed E-state index contributed by atoms with van der Waals surface area (Å²) in [6.45, 7) is 0. The zero-order chi connectivity index (χ0) is 14.5. The van der Waals surface area contributed by atoms with Crippen molar-refractivity contribution in [3.05, 3.63) is 84.9 Å². The number of methoxy groups -OCH3 is 1. The molecule has 0 aromatic heterocycles. The molecule has 0 saturated carbocycles. The lowest BCUT2D eigenvalue weighted by atomic mass is 10.3. The predicted octanol–water partition coefficient (Wildman–Crippen LogP) is 4.79. The Balaban J connectivity index is 2.12. The Morgan fingerprint density at radius 2 is 1.14 bits per heavy atom. The van der Waals surface area contributed by atoms with Gasteiger partial charge in [0.05, 0.1) is 18.0 Å². The fourth-order valence-electron chi connectivity index (χ4n) is 2.25. The smallest absolute Gasteiger partial charge is 0.170 e. The fourth-order valence-corrected chi connectivity index (χ4v) is 4.37. The van der Waals surface area contributed by atoms with Gasteiger partial charge in [-0.05, 0) is 36.4 Å². The lowest BCUT2D eigenvalue weighted by Gasteiger charge is -2.08. The van der Waals surface area contributed by atoms with Gasteiger partial charge >= 0.3 is 0 Å². The molecule has 0 bridgehead atoms. The van der Waals surface area contributed by atoms with Gasteiger partial charge in [-0.25, -0.2) is 0 Å². The second kappa shape index (κ2) is 6.51. The minimum absolute atomic E-state index is 0.107. The van der Waals surface area contributed by atoms with Crippen LogP contribution in [0.15, 0.2) is 99.6 Å². The zero-order valence-electron chi connectivity index (χ0n) is 11.9. The monoisotopic (exact) mass is 293 g/mol. The maximum absolute atomic E-state index is 5.38. The van der Waals surface area contributed by atoms with Crippen molar-refractivity contribution in [1.82, 2.24) is 0 Å². The highest BCUT2D eigenvalue weighted by atomic mass is 32.2. The van der Waals surface area contributed by atoms with E-state index >= 15 is 0 Å². The van der Waals surface area contributed by atoms with E-state index in [-0.39, 0.29) is 10.9 Å². The first kappa shape index (κ1) is 13.8. The van der Waals surface area contributed by atoms with Crippen LogP contribution in [0.5, 0.6) is 5.75 Å². The fraction of sp³-hybridized carbons (Fsp3) is 0.0526. The highest BCUT2D eigenvalue weighted by Gasteiger charge is 2.28. The van der Waals surface area contributed by atoms with Crippen LogP contribution >= 0.6 is 0 Å². The highest BCUT2D eigenvalue weighted by molar-refractivity contribution is 7.97. The van der Waals surface area contributed by atoms with Gasteiger partial charge in [0, 0.05) is 6.07 Å². The molecule has 104 valence electrons. The quantitative estimate of drug-likeness (QED) is 0.628. The van der Waals surface area contributed by atoms with Crippen molar-refractivity contribution in [1.29, 1.82) is 0 Å². The van der Waals surface area contributed by atoms with Crippen molar-refractivity contribution in [3.63, 3.8) is 0 Å². The summed E-state index contributed by atoms with van der Waals surface area (Å²) in [7, 11) is 1.60. The molecule has 0 spiro atoms. The first-order valence-corrected chi connectivity index (χ1v) is 8.09. The van der Waals surface area contributed by atoms with Crippen LogP contribution in [0.1, 0.15) is 0 Å². The number of hydrogen-bond donors (Lipinski definition) is 0. The SMILES string of the molecule is COc1cccc([S+](c2ccccc2)c2ccccc2)c1. The van der Waals surface area contributed by atoms with Gasteiger partial charge in [0.25, 0.3) is 0 Å². The predicted molar refractivity (Wildman–Crippen MR) is 88.0 cm³/mol. The highest BCUT2D eigenvalue weighted by Crippen LogP contribution is 2.32. The third-order valence-corrected chi connectivity index (χ3v) is 5.45. The van der Waals surface area contributed by atoms with Crippen LogP contribution in [0.2, 0.25) is 0 Å². The maximum atomic E-state index is 5.38. The molecule has 1 nitrogen and oxygen atoms in total. The van der Waals surface area contributed by atoms with Crippen LogP contribution in [0, 0.1) is 0 Å². The molecule has 3 aromatic carbocycles. The average molecular weight is 293 g/mol. The average Bonchev–Trinajstić information content (AvgIpc) is 2.57. The van der Waals surface area contributed by atoms with Crippen LogP contribution < -0.4 is 4.74 Å². The van der Waals surface area contributed by atoms with E-state index < -0.39 is 0 Å². The Kier molecular flexibility index (Phi) is 4.27. The Labute approximate surface area is 128 Å². The van der Waals surface area contributed by atoms with E-state index in [0.717, 1.165) is 5.75 Å². The third-order valence-electron chi connectivity index (χ3n) is 3.23. The molecule has 0 amide bonds. The number of ether oxygens (including phenoxy) is 1.